The van der Waals surface area contributed by atoms with Gasteiger partial charge in [-0.3, -0.25) is 5.01 Å². The van der Waals surface area contributed by atoms with Gasteiger partial charge in [0.15, 0.2) is 5.84 Å². The first-order valence-corrected chi connectivity index (χ1v) is 7.69. The van der Waals surface area contributed by atoms with Gasteiger partial charge < -0.3 is 16.3 Å². The van der Waals surface area contributed by atoms with E-state index in [2.05, 4.69) is 11.7 Å². The fraction of sp³-hybridized carbons (Fsp3) is 0.278. The molecular weight excluding hydrogens is 302 g/mol. The van der Waals surface area contributed by atoms with Gasteiger partial charge in [-0.05, 0) is 36.6 Å². The standard InChI is InChI=1S/C18H27N5O/c1-4-6-7-14(5-2)13-24-16-10-8-15(9-11-16)12-17(19)18(22-20)23(3)21/h4-11,17H,2,12-13,19-21H2,1,3H3/b6-4-,14-7+,22-18-. The molecule has 0 saturated heterocycles. The molecule has 0 aliphatic carbocycles. The zero-order chi connectivity index (χ0) is 17.9. The molecular formula is C18H27N5O. The molecule has 24 heavy (non-hydrogen) atoms. The highest BCUT2D eigenvalue weighted by molar-refractivity contribution is 5.86. The van der Waals surface area contributed by atoms with Crippen molar-refractivity contribution in [2.24, 2.45) is 22.5 Å². The van der Waals surface area contributed by atoms with E-state index in [0.717, 1.165) is 16.9 Å². The minimum atomic E-state index is -0.368. The Morgan fingerprint density at radius 3 is 2.54 bits per heavy atom. The smallest absolute Gasteiger partial charge is 0.155 e. The highest BCUT2D eigenvalue weighted by Crippen LogP contribution is 2.15. The average molecular weight is 329 g/mol. The van der Waals surface area contributed by atoms with E-state index >= 15 is 0 Å². The lowest BCUT2D eigenvalue weighted by molar-refractivity contribution is 0.355. The number of nitrogens with zero attached hydrogens (tertiary/aromatic N) is 2. The topological polar surface area (TPSA) is 103 Å². The van der Waals surface area contributed by atoms with E-state index in [1.165, 1.54) is 5.01 Å². The van der Waals surface area contributed by atoms with E-state index in [1.807, 2.05) is 49.4 Å². The molecule has 130 valence electrons. The Bertz CT molecular complexity index is 602. The maximum absolute atomic E-state index is 6.07. The van der Waals surface area contributed by atoms with Crippen LogP contribution in [0.1, 0.15) is 12.5 Å². The van der Waals surface area contributed by atoms with Gasteiger partial charge in [-0.2, -0.15) is 5.10 Å². The number of hydrogen-bond donors (Lipinski definition) is 3. The van der Waals surface area contributed by atoms with Crippen LogP contribution in [-0.2, 0) is 6.42 Å². The second-order valence-electron chi connectivity index (χ2n) is 5.31. The van der Waals surface area contributed by atoms with Crippen LogP contribution in [0.5, 0.6) is 5.75 Å². The third-order valence-corrected chi connectivity index (χ3v) is 3.37. The fourth-order valence-electron chi connectivity index (χ4n) is 2.08. The molecule has 0 bridgehead atoms. The second-order valence-corrected chi connectivity index (χ2v) is 5.31. The summed E-state index contributed by atoms with van der Waals surface area (Å²) in [6, 6.07) is 7.37. The number of rotatable bonds is 8. The zero-order valence-electron chi connectivity index (χ0n) is 14.4. The van der Waals surface area contributed by atoms with E-state index in [-0.39, 0.29) is 6.04 Å². The molecule has 1 aromatic carbocycles. The molecule has 1 unspecified atom stereocenters. The number of hydrazine groups is 1. The van der Waals surface area contributed by atoms with E-state index < -0.39 is 0 Å². The van der Waals surface area contributed by atoms with E-state index in [0.29, 0.717) is 18.9 Å². The fourth-order valence-corrected chi connectivity index (χ4v) is 2.08. The molecule has 6 heteroatoms. The van der Waals surface area contributed by atoms with Crippen molar-refractivity contribution < 1.29 is 4.74 Å². The summed E-state index contributed by atoms with van der Waals surface area (Å²) in [4.78, 5) is 0. The molecule has 1 aromatic rings. The van der Waals surface area contributed by atoms with Crippen LogP contribution in [0.4, 0.5) is 0 Å². The maximum Gasteiger partial charge on any atom is 0.155 e. The molecule has 0 radical (unpaired) electrons. The Balaban J connectivity index is 2.64. The van der Waals surface area contributed by atoms with Crippen molar-refractivity contribution in [1.29, 1.82) is 0 Å². The molecule has 0 saturated carbocycles. The number of hydrogen-bond acceptors (Lipinski definition) is 5. The number of ether oxygens (including phenoxy) is 1. The van der Waals surface area contributed by atoms with Crippen molar-refractivity contribution in [2.75, 3.05) is 13.7 Å². The first-order valence-electron chi connectivity index (χ1n) is 7.69. The van der Waals surface area contributed by atoms with Gasteiger partial charge in [0.25, 0.3) is 0 Å². The molecule has 6 nitrogen and oxygen atoms in total. The van der Waals surface area contributed by atoms with Gasteiger partial charge in [0, 0.05) is 7.05 Å². The van der Waals surface area contributed by atoms with Crippen molar-refractivity contribution in [3.63, 3.8) is 0 Å². The van der Waals surface area contributed by atoms with Crippen LogP contribution < -0.4 is 22.2 Å². The molecule has 0 spiro atoms. The number of hydrazone groups is 1. The van der Waals surface area contributed by atoms with Crippen molar-refractivity contribution in [3.8, 4) is 5.75 Å². The molecule has 0 fully saturated rings. The quantitative estimate of drug-likeness (QED) is 0.221. The number of allylic oxidation sites excluding steroid dienone is 3. The SMILES string of the molecule is C=C/C(=C\C=C/C)COc1ccc(CC(N)/C(=N/N)N(C)N)cc1. The minimum absolute atomic E-state index is 0.368. The van der Waals surface area contributed by atoms with Gasteiger partial charge in [0.05, 0.1) is 6.04 Å². The monoisotopic (exact) mass is 329 g/mol. The predicted molar refractivity (Wildman–Crippen MR) is 100 cm³/mol. The van der Waals surface area contributed by atoms with E-state index in [9.17, 15) is 0 Å². The van der Waals surface area contributed by atoms with Crippen molar-refractivity contribution in [3.05, 3.63) is 66.3 Å². The lowest BCUT2D eigenvalue weighted by Crippen LogP contribution is -2.47. The van der Waals surface area contributed by atoms with Gasteiger partial charge in [-0.15, -0.1) is 0 Å². The lowest BCUT2D eigenvalue weighted by atomic mass is 10.1. The van der Waals surface area contributed by atoms with Crippen LogP contribution in [0.25, 0.3) is 0 Å². The Kier molecular flexibility index (Phi) is 8.32. The van der Waals surface area contributed by atoms with E-state index in [1.54, 1.807) is 13.1 Å². The number of benzene rings is 1. The predicted octanol–water partition coefficient (Wildman–Crippen LogP) is 1.70. The number of nitrogens with two attached hydrogens (primary N) is 3. The third-order valence-electron chi connectivity index (χ3n) is 3.37. The van der Waals surface area contributed by atoms with Crippen LogP contribution in [0.2, 0.25) is 0 Å². The first-order chi connectivity index (χ1) is 11.5. The van der Waals surface area contributed by atoms with Crippen LogP contribution >= 0.6 is 0 Å². The molecule has 0 aromatic heterocycles. The lowest BCUT2D eigenvalue weighted by Gasteiger charge is -2.20. The van der Waals surface area contributed by atoms with Gasteiger partial charge >= 0.3 is 0 Å². The van der Waals surface area contributed by atoms with Crippen LogP contribution in [0.3, 0.4) is 0 Å². The Morgan fingerprint density at radius 2 is 2.04 bits per heavy atom. The van der Waals surface area contributed by atoms with Crippen LogP contribution in [-0.4, -0.2) is 30.5 Å². The molecule has 1 atom stereocenters. The average Bonchev–Trinajstić information content (AvgIpc) is 2.56. The second kappa shape index (κ2) is 10.3. The zero-order valence-corrected chi connectivity index (χ0v) is 14.4. The molecule has 0 heterocycles. The minimum Gasteiger partial charge on any atom is -0.489 e. The summed E-state index contributed by atoms with van der Waals surface area (Å²) in [5, 5.41) is 4.96. The summed E-state index contributed by atoms with van der Waals surface area (Å²) >= 11 is 0. The number of amidine groups is 1. The molecule has 0 amide bonds. The first kappa shape index (κ1) is 19.5. The van der Waals surface area contributed by atoms with Gasteiger partial charge in [0.1, 0.15) is 12.4 Å². The van der Waals surface area contributed by atoms with Gasteiger partial charge in [0.2, 0.25) is 0 Å². The van der Waals surface area contributed by atoms with Crippen molar-refractivity contribution >= 4 is 5.84 Å². The van der Waals surface area contributed by atoms with E-state index in [4.69, 9.17) is 22.2 Å². The Morgan fingerprint density at radius 1 is 1.38 bits per heavy atom. The summed E-state index contributed by atoms with van der Waals surface area (Å²) in [5.74, 6) is 12.2. The van der Waals surface area contributed by atoms with Crippen LogP contribution in [0, 0.1) is 0 Å². The van der Waals surface area contributed by atoms with Crippen molar-refractivity contribution in [2.45, 2.75) is 19.4 Å². The third kappa shape index (κ3) is 6.28. The molecule has 0 aliphatic rings. The molecule has 0 aliphatic heterocycles. The summed E-state index contributed by atoms with van der Waals surface area (Å²) in [7, 11) is 1.65. The maximum atomic E-state index is 6.07. The Hall–Kier alpha value is -2.57. The highest BCUT2D eigenvalue weighted by Gasteiger charge is 2.14. The number of likely N-dealkylation sites (N-methyl/N-ethyl adjacent to an activating group) is 1. The summed E-state index contributed by atoms with van der Waals surface area (Å²) in [6.45, 7) is 6.21. The van der Waals surface area contributed by atoms with Gasteiger partial charge in [-0.1, -0.05) is 43.0 Å². The highest BCUT2D eigenvalue weighted by atomic mass is 16.5. The molecule has 6 N–H and O–H groups in total. The Labute approximate surface area is 143 Å². The summed E-state index contributed by atoms with van der Waals surface area (Å²) in [5.41, 5.74) is 8.13. The van der Waals surface area contributed by atoms with Crippen LogP contribution in [0.15, 0.2) is 65.8 Å². The van der Waals surface area contributed by atoms with Crippen molar-refractivity contribution in [1.82, 2.24) is 5.01 Å². The largest absolute Gasteiger partial charge is 0.489 e. The molecule has 1 rings (SSSR count). The van der Waals surface area contributed by atoms with Gasteiger partial charge in [-0.25, -0.2) is 5.84 Å². The summed E-state index contributed by atoms with van der Waals surface area (Å²) in [6.07, 6.45) is 8.24. The normalized spacial score (nSPS) is 13.8. The summed E-state index contributed by atoms with van der Waals surface area (Å²) < 4.78 is 5.75.